The Hall–Kier alpha value is -0.120. The molecule has 1 N–H and O–H groups in total. The van der Waals surface area contributed by atoms with Crippen molar-refractivity contribution >= 4 is 0 Å². The van der Waals surface area contributed by atoms with Crippen LogP contribution in [-0.2, 0) is 0 Å². The van der Waals surface area contributed by atoms with Crippen LogP contribution >= 0.6 is 0 Å². The Morgan fingerprint density at radius 2 is 1.71 bits per heavy atom. The van der Waals surface area contributed by atoms with Gasteiger partial charge in [-0.2, -0.15) is 0 Å². The van der Waals surface area contributed by atoms with Gasteiger partial charge >= 0.3 is 0 Å². The van der Waals surface area contributed by atoms with Crippen LogP contribution in [0, 0.1) is 0 Å². The normalized spacial score (nSPS) is 37.9. The van der Waals surface area contributed by atoms with Gasteiger partial charge in [0.05, 0.1) is 5.60 Å². The molecule has 0 amide bonds. The van der Waals surface area contributed by atoms with E-state index < -0.39 is 0 Å². The first kappa shape index (κ1) is 13.3. The van der Waals surface area contributed by atoms with Crippen molar-refractivity contribution < 1.29 is 5.11 Å². The summed E-state index contributed by atoms with van der Waals surface area (Å²) in [5.41, 5.74) is -0.388. The molecule has 3 heteroatoms. The maximum atomic E-state index is 10.8. The number of hydrogen-bond donors (Lipinski definition) is 1. The summed E-state index contributed by atoms with van der Waals surface area (Å²) in [5, 5.41) is 10.8. The molecule has 2 rings (SSSR count). The summed E-state index contributed by atoms with van der Waals surface area (Å²) >= 11 is 0. The summed E-state index contributed by atoms with van der Waals surface area (Å²) in [6, 6.07) is 1.27. The van der Waals surface area contributed by atoms with Crippen LogP contribution in [0.15, 0.2) is 0 Å². The molecule has 2 aliphatic rings. The van der Waals surface area contributed by atoms with Crippen LogP contribution < -0.4 is 0 Å². The van der Waals surface area contributed by atoms with Crippen LogP contribution in [0.5, 0.6) is 0 Å². The Kier molecular flexibility index (Phi) is 4.11. The Labute approximate surface area is 106 Å². The number of nitrogens with zero attached hydrogens (tertiary/aromatic N) is 2. The van der Waals surface area contributed by atoms with Gasteiger partial charge in [-0.25, -0.2) is 0 Å². The Bertz CT molecular complexity index is 239. The monoisotopic (exact) mass is 240 g/mol. The third kappa shape index (κ3) is 2.83. The van der Waals surface area contributed by atoms with E-state index in [0.29, 0.717) is 12.1 Å². The Morgan fingerprint density at radius 1 is 1.18 bits per heavy atom. The smallest absolute Gasteiger partial charge is 0.0689 e. The van der Waals surface area contributed by atoms with Crippen molar-refractivity contribution in [2.75, 3.05) is 26.7 Å². The average molecular weight is 240 g/mol. The first-order valence-electron chi connectivity index (χ1n) is 7.24. The minimum atomic E-state index is -0.388. The molecule has 2 fully saturated rings. The van der Waals surface area contributed by atoms with Crippen molar-refractivity contribution in [2.24, 2.45) is 0 Å². The number of hydrogen-bond acceptors (Lipinski definition) is 3. The maximum Gasteiger partial charge on any atom is 0.0689 e. The van der Waals surface area contributed by atoms with E-state index in [1.54, 1.807) is 0 Å². The summed E-state index contributed by atoms with van der Waals surface area (Å²) in [4.78, 5) is 4.91. The molecule has 0 aromatic heterocycles. The first-order chi connectivity index (χ1) is 8.08. The molecule has 2 atom stereocenters. The highest BCUT2D eigenvalue weighted by Crippen LogP contribution is 2.41. The molecule has 2 heterocycles. The predicted molar refractivity (Wildman–Crippen MR) is 71.2 cm³/mol. The quantitative estimate of drug-likeness (QED) is 0.792. The standard InChI is InChI=1S/C14H28N2O/c1-4-16(5-2)9-8-14(17)10-12-6-7-13(11-14)15(12)3/h12-13,17H,4-11H2,1-3H3. The fraction of sp³-hybridized carbons (Fsp3) is 1.00. The van der Waals surface area contributed by atoms with Crippen molar-refractivity contribution in [1.29, 1.82) is 0 Å². The van der Waals surface area contributed by atoms with E-state index in [0.717, 1.165) is 38.9 Å². The van der Waals surface area contributed by atoms with Gasteiger partial charge in [-0.05, 0) is 52.2 Å². The molecule has 100 valence electrons. The zero-order chi connectivity index (χ0) is 12.5. The van der Waals surface area contributed by atoms with Crippen molar-refractivity contribution in [3.8, 4) is 0 Å². The summed E-state index contributed by atoms with van der Waals surface area (Å²) in [7, 11) is 2.23. The van der Waals surface area contributed by atoms with E-state index in [4.69, 9.17) is 0 Å². The van der Waals surface area contributed by atoms with E-state index in [1.165, 1.54) is 12.8 Å². The van der Waals surface area contributed by atoms with Crippen LogP contribution in [0.3, 0.4) is 0 Å². The third-order valence-corrected chi connectivity index (χ3v) is 5.00. The van der Waals surface area contributed by atoms with E-state index in [2.05, 4.69) is 30.7 Å². The molecule has 0 aromatic rings. The lowest BCUT2D eigenvalue weighted by Gasteiger charge is -2.42. The molecule has 0 aromatic carbocycles. The zero-order valence-electron chi connectivity index (χ0n) is 11.7. The van der Waals surface area contributed by atoms with Gasteiger partial charge in [0.25, 0.3) is 0 Å². The van der Waals surface area contributed by atoms with E-state index in [-0.39, 0.29) is 5.60 Å². The molecule has 17 heavy (non-hydrogen) atoms. The number of rotatable bonds is 5. The molecule has 2 unspecified atom stereocenters. The largest absolute Gasteiger partial charge is 0.390 e. The lowest BCUT2D eigenvalue weighted by atomic mass is 9.83. The molecule has 2 bridgehead atoms. The van der Waals surface area contributed by atoms with Gasteiger partial charge in [-0.3, -0.25) is 0 Å². The van der Waals surface area contributed by atoms with Gasteiger partial charge in [0, 0.05) is 18.6 Å². The third-order valence-electron chi connectivity index (χ3n) is 5.00. The molecule has 0 spiro atoms. The second-order valence-corrected chi connectivity index (χ2v) is 5.96. The Balaban J connectivity index is 1.88. The number of fused-ring (bicyclic) bond motifs is 2. The van der Waals surface area contributed by atoms with Gasteiger partial charge in [0.1, 0.15) is 0 Å². The minimum absolute atomic E-state index is 0.388. The molecule has 0 radical (unpaired) electrons. The molecule has 0 saturated carbocycles. The van der Waals surface area contributed by atoms with Crippen molar-refractivity contribution in [3.63, 3.8) is 0 Å². The summed E-state index contributed by atoms with van der Waals surface area (Å²) in [5.74, 6) is 0. The highest BCUT2D eigenvalue weighted by molar-refractivity contribution is 5.00. The second kappa shape index (κ2) is 5.25. The molecule has 2 aliphatic heterocycles. The lowest BCUT2D eigenvalue weighted by Crippen LogP contribution is -2.50. The summed E-state index contributed by atoms with van der Waals surface area (Å²) in [6.45, 7) is 7.64. The fourth-order valence-electron chi connectivity index (χ4n) is 3.65. The highest BCUT2D eigenvalue weighted by Gasteiger charge is 2.45. The number of piperidine rings is 1. The molecule has 2 saturated heterocycles. The predicted octanol–water partition coefficient (Wildman–Crippen LogP) is 1.71. The zero-order valence-corrected chi connectivity index (χ0v) is 11.7. The minimum Gasteiger partial charge on any atom is -0.390 e. The Morgan fingerprint density at radius 3 is 2.18 bits per heavy atom. The first-order valence-corrected chi connectivity index (χ1v) is 7.24. The van der Waals surface area contributed by atoms with E-state index in [1.807, 2.05) is 0 Å². The van der Waals surface area contributed by atoms with Crippen LogP contribution in [0.25, 0.3) is 0 Å². The maximum absolute atomic E-state index is 10.8. The molecule has 3 nitrogen and oxygen atoms in total. The van der Waals surface area contributed by atoms with E-state index >= 15 is 0 Å². The molecular weight excluding hydrogens is 212 g/mol. The van der Waals surface area contributed by atoms with E-state index in [9.17, 15) is 5.11 Å². The van der Waals surface area contributed by atoms with Crippen LogP contribution in [0.4, 0.5) is 0 Å². The van der Waals surface area contributed by atoms with Gasteiger partial charge in [0.2, 0.25) is 0 Å². The van der Waals surface area contributed by atoms with Crippen molar-refractivity contribution in [1.82, 2.24) is 9.80 Å². The van der Waals surface area contributed by atoms with Gasteiger partial charge in [0.15, 0.2) is 0 Å². The fourth-order valence-corrected chi connectivity index (χ4v) is 3.65. The summed E-state index contributed by atoms with van der Waals surface area (Å²) in [6.07, 6.45) is 5.50. The summed E-state index contributed by atoms with van der Waals surface area (Å²) < 4.78 is 0. The SMILES string of the molecule is CCN(CC)CCC1(O)CC2CCC(C1)N2C. The average Bonchev–Trinajstić information content (AvgIpc) is 2.53. The topological polar surface area (TPSA) is 26.7 Å². The van der Waals surface area contributed by atoms with Crippen LogP contribution in [0.1, 0.15) is 46.0 Å². The van der Waals surface area contributed by atoms with Crippen molar-refractivity contribution in [3.05, 3.63) is 0 Å². The van der Waals surface area contributed by atoms with Gasteiger partial charge in [-0.15, -0.1) is 0 Å². The van der Waals surface area contributed by atoms with Crippen LogP contribution in [-0.4, -0.2) is 59.3 Å². The number of aliphatic hydroxyl groups is 1. The molecular formula is C14H28N2O. The lowest BCUT2D eigenvalue weighted by molar-refractivity contribution is -0.0544. The highest BCUT2D eigenvalue weighted by atomic mass is 16.3. The second-order valence-electron chi connectivity index (χ2n) is 5.96. The van der Waals surface area contributed by atoms with Crippen LogP contribution in [0.2, 0.25) is 0 Å². The van der Waals surface area contributed by atoms with Gasteiger partial charge < -0.3 is 14.9 Å². The van der Waals surface area contributed by atoms with Crippen molar-refractivity contribution in [2.45, 2.75) is 63.6 Å². The van der Waals surface area contributed by atoms with Gasteiger partial charge in [-0.1, -0.05) is 13.8 Å². The molecule has 0 aliphatic carbocycles.